The molecular formula is C14H14ClN3O6. The first kappa shape index (κ1) is 20.9. The summed E-state index contributed by atoms with van der Waals surface area (Å²) in [6.45, 7) is 4.00. The predicted molar refractivity (Wildman–Crippen MR) is 85.5 cm³/mol. The molecule has 128 valence electrons. The van der Waals surface area contributed by atoms with Gasteiger partial charge in [-0.1, -0.05) is 25.4 Å². The number of anilines is 1. The number of carboxylic acid groups (broad SMARTS) is 2. The lowest BCUT2D eigenvalue weighted by Gasteiger charge is -2.08. The highest BCUT2D eigenvalue weighted by atomic mass is 35.5. The lowest BCUT2D eigenvalue weighted by atomic mass is 10.2. The number of carbonyl (C=O) groups excluding carboxylic acids is 1. The molecule has 0 aliphatic carbocycles. The van der Waals surface area contributed by atoms with Crippen molar-refractivity contribution in [1.29, 1.82) is 5.26 Å². The summed E-state index contributed by atoms with van der Waals surface area (Å²) in [4.78, 5) is 36.1. The highest BCUT2D eigenvalue weighted by molar-refractivity contribution is 6.40. The fraction of sp³-hybridized carbons (Fsp3) is 0.214. The van der Waals surface area contributed by atoms with Crippen LogP contribution in [0.3, 0.4) is 0 Å². The van der Waals surface area contributed by atoms with Gasteiger partial charge >= 0.3 is 23.7 Å². The van der Waals surface area contributed by atoms with E-state index in [9.17, 15) is 14.4 Å². The number of ether oxygens (including phenoxy) is 1. The number of methoxy groups -OCH3 is 1. The van der Waals surface area contributed by atoms with Gasteiger partial charge in [-0.15, -0.1) is 0 Å². The SMILES string of the molecule is CC.COC(=Nc1cc(C#N)cc(NC(=O)C(=O)O)c1Cl)C(=O)O. The Labute approximate surface area is 142 Å². The zero-order chi connectivity index (χ0) is 18.9. The fourth-order valence-corrected chi connectivity index (χ4v) is 1.51. The van der Waals surface area contributed by atoms with Gasteiger partial charge in [-0.25, -0.2) is 14.6 Å². The zero-order valence-corrected chi connectivity index (χ0v) is 13.7. The van der Waals surface area contributed by atoms with E-state index in [4.69, 9.17) is 27.1 Å². The number of nitriles is 1. The summed E-state index contributed by atoms with van der Waals surface area (Å²) in [6, 6.07) is 4.02. The van der Waals surface area contributed by atoms with Gasteiger partial charge in [0.1, 0.15) is 0 Å². The normalized spacial score (nSPS) is 9.88. The van der Waals surface area contributed by atoms with E-state index in [2.05, 4.69) is 9.73 Å². The zero-order valence-electron chi connectivity index (χ0n) is 13.0. The van der Waals surface area contributed by atoms with Gasteiger partial charge in [0.15, 0.2) is 0 Å². The van der Waals surface area contributed by atoms with Crippen LogP contribution in [0.15, 0.2) is 17.1 Å². The number of hydrogen-bond donors (Lipinski definition) is 3. The summed E-state index contributed by atoms with van der Waals surface area (Å²) < 4.78 is 4.53. The molecule has 0 saturated heterocycles. The van der Waals surface area contributed by atoms with E-state index in [0.717, 1.165) is 19.2 Å². The molecule has 3 N–H and O–H groups in total. The van der Waals surface area contributed by atoms with E-state index in [0.29, 0.717) is 0 Å². The lowest BCUT2D eigenvalue weighted by Crippen LogP contribution is -2.22. The molecular weight excluding hydrogens is 342 g/mol. The summed E-state index contributed by atoms with van der Waals surface area (Å²) in [6.07, 6.45) is 0. The molecule has 0 spiro atoms. The standard InChI is InChI=1S/C12H8ClN3O6.C2H6/c1-22-10(12(20)21)16-7-3-5(4-14)2-6(8(7)13)15-9(17)11(18)19;1-2/h2-3H,1H3,(H,15,17)(H,18,19)(H,20,21);1-2H3. The second kappa shape index (κ2) is 9.81. The van der Waals surface area contributed by atoms with Gasteiger partial charge in [-0.2, -0.15) is 5.26 Å². The van der Waals surface area contributed by atoms with Crippen LogP contribution in [0.25, 0.3) is 0 Å². The van der Waals surface area contributed by atoms with Gasteiger partial charge in [0, 0.05) is 0 Å². The van der Waals surface area contributed by atoms with Crippen LogP contribution in [-0.2, 0) is 19.1 Å². The second-order valence-electron chi connectivity index (χ2n) is 3.65. The Balaban J connectivity index is 0.00000254. The molecule has 0 radical (unpaired) electrons. The van der Waals surface area contributed by atoms with Crippen molar-refractivity contribution >= 4 is 46.7 Å². The van der Waals surface area contributed by atoms with Crippen LogP contribution in [0.5, 0.6) is 0 Å². The summed E-state index contributed by atoms with van der Waals surface area (Å²) in [5.41, 5.74) is -0.405. The quantitative estimate of drug-likeness (QED) is 0.417. The smallest absolute Gasteiger partial charge is 0.394 e. The number of halogens is 1. The van der Waals surface area contributed by atoms with Gasteiger partial charge in [0.2, 0.25) is 0 Å². The highest BCUT2D eigenvalue weighted by Crippen LogP contribution is 2.34. The van der Waals surface area contributed by atoms with Crippen LogP contribution in [0.2, 0.25) is 5.02 Å². The maximum absolute atomic E-state index is 11.2. The number of amides is 1. The van der Waals surface area contributed by atoms with Crippen molar-refractivity contribution in [1.82, 2.24) is 0 Å². The van der Waals surface area contributed by atoms with Crippen LogP contribution in [0, 0.1) is 11.3 Å². The fourth-order valence-electron chi connectivity index (χ4n) is 1.31. The summed E-state index contributed by atoms with van der Waals surface area (Å²) >= 11 is 5.92. The number of nitrogens with one attached hydrogen (secondary N) is 1. The van der Waals surface area contributed by atoms with E-state index >= 15 is 0 Å². The van der Waals surface area contributed by atoms with Crippen molar-refractivity contribution in [2.45, 2.75) is 13.8 Å². The van der Waals surface area contributed by atoms with Gasteiger partial charge < -0.3 is 20.3 Å². The van der Waals surface area contributed by atoms with Crippen molar-refractivity contribution in [3.63, 3.8) is 0 Å². The third-order valence-electron chi connectivity index (χ3n) is 2.22. The van der Waals surface area contributed by atoms with Crippen molar-refractivity contribution in [3.05, 3.63) is 22.7 Å². The Hall–Kier alpha value is -3.12. The molecule has 0 atom stereocenters. The summed E-state index contributed by atoms with van der Waals surface area (Å²) in [7, 11) is 1.07. The first-order valence-electron chi connectivity index (χ1n) is 6.44. The maximum atomic E-state index is 11.2. The Kier molecular flexibility index (Phi) is 8.53. The van der Waals surface area contributed by atoms with Crippen molar-refractivity contribution in [2.24, 2.45) is 4.99 Å². The van der Waals surface area contributed by atoms with Gasteiger partial charge in [0.25, 0.3) is 0 Å². The summed E-state index contributed by atoms with van der Waals surface area (Å²) in [5.74, 6) is -5.31. The van der Waals surface area contributed by atoms with E-state index in [1.54, 1.807) is 6.07 Å². The number of hydrogen-bond acceptors (Lipinski definition) is 6. The van der Waals surface area contributed by atoms with Gasteiger partial charge in [-0.05, 0) is 12.1 Å². The molecule has 0 unspecified atom stereocenters. The van der Waals surface area contributed by atoms with Crippen molar-refractivity contribution in [3.8, 4) is 6.07 Å². The Morgan fingerprint density at radius 3 is 2.25 bits per heavy atom. The number of carboxylic acids is 2. The molecule has 24 heavy (non-hydrogen) atoms. The molecule has 0 fully saturated rings. The molecule has 10 heteroatoms. The Morgan fingerprint density at radius 1 is 1.25 bits per heavy atom. The number of rotatable bonds is 2. The van der Waals surface area contributed by atoms with Crippen LogP contribution in [-0.4, -0.2) is 41.1 Å². The third kappa shape index (κ3) is 5.58. The highest BCUT2D eigenvalue weighted by Gasteiger charge is 2.18. The second-order valence-corrected chi connectivity index (χ2v) is 4.03. The molecule has 0 aromatic heterocycles. The van der Waals surface area contributed by atoms with Crippen LogP contribution in [0.1, 0.15) is 19.4 Å². The van der Waals surface area contributed by atoms with Crippen LogP contribution < -0.4 is 5.32 Å². The number of aliphatic carboxylic acids is 2. The molecule has 1 aromatic rings. The lowest BCUT2D eigenvalue weighted by molar-refractivity contribution is -0.147. The number of aliphatic imine (C=N–C) groups is 1. The molecule has 0 heterocycles. The molecule has 0 aliphatic rings. The van der Waals surface area contributed by atoms with Crippen LogP contribution >= 0.6 is 11.6 Å². The summed E-state index contributed by atoms with van der Waals surface area (Å²) in [5, 5.41) is 28.0. The minimum absolute atomic E-state index is 0.0234. The van der Waals surface area contributed by atoms with Gasteiger partial charge in [-0.3, -0.25) is 4.79 Å². The molecule has 0 saturated carbocycles. The average Bonchev–Trinajstić information content (AvgIpc) is 2.56. The topological polar surface area (TPSA) is 149 Å². The number of benzene rings is 1. The number of nitrogens with zero attached hydrogens (tertiary/aromatic N) is 2. The largest absolute Gasteiger partial charge is 0.476 e. The minimum atomic E-state index is -1.76. The molecule has 1 rings (SSSR count). The average molecular weight is 356 g/mol. The minimum Gasteiger partial charge on any atom is -0.476 e. The maximum Gasteiger partial charge on any atom is 0.394 e. The van der Waals surface area contributed by atoms with E-state index in [1.165, 1.54) is 0 Å². The first-order valence-corrected chi connectivity index (χ1v) is 6.81. The van der Waals surface area contributed by atoms with E-state index in [1.807, 2.05) is 19.2 Å². The predicted octanol–water partition coefficient (Wildman–Crippen LogP) is 2.02. The monoisotopic (exact) mass is 355 g/mol. The Bertz CT molecular complexity index is 724. The molecule has 1 amide bonds. The van der Waals surface area contributed by atoms with E-state index < -0.39 is 23.7 Å². The number of carbonyl (C=O) groups is 3. The van der Waals surface area contributed by atoms with Gasteiger partial charge in [0.05, 0.1) is 35.1 Å². The van der Waals surface area contributed by atoms with Crippen LogP contribution in [0.4, 0.5) is 11.4 Å². The Morgan fingerprint density at radius 2 is 1.83 bits per heavy atom. The molecule has 0 aliphatic heterocycles. The van der Waals surface area contributed by atoms with E-state index in [-0.39, 0.29) is 22.0 Å². The molecule has 9 nitrogen and oxygen atoms in total. The molecule has 1 aromatic carbocycles. The van der Waals surface area contributed by atoms with Crippen molar-refractivity contribution < 1.29 is 29.3 Å². The molecule has 0 bridgehead atoms. The third-order valence-corrected chi connectivity index (χ3v) is 2.62. The first-order chi connectivity index (χ1) is 11.3. The van der Waals surface area contributed by atoms with Crippen molar-refractivity contribution in [2.75, 3.05) is 12.4 Å².